The maximum absolute atomic E-state index is 12.4. The van der Waals surface area contributed by atoms with Crippen LogP contribution in [0.15, 0.2) is 12.3 Å². The number of carbonyl (C=O) groups excluding carboxylic acids is 1. The molecular weight excluding hydrogens is 270 g/mol. The summed E-state index contributed by atoms with van der Waals surface area (Å²) < 4.78 is 0. The van der Waals surface area contributed by atoms with E-state index in [1.54, 1.807) is 4.90 Å². The Kier molecular flexibility index (Phi) is 3.71. The van der Waals surface area contributed by atoms with E-state index < -0.39 is 4.92 Å². The topological polar surface area (TPSA) is 76.3 Å². The van der Waals surface area contributed by atoms with Gasteiger partial charge in [-0.25, -0.2) is 4.98 Å². The lowest BCUT2D eigenvalue weighted by molar-refractivity contribution is -0.385. The highest BCUT2D eigenvalue weighted by Crippen LogP contribution is 2.27. The molecule has 19 heavy (non-hydrogen) atoms. The fourth-order valence-electron chi connectivity index (χ4n) is 2.21. The van der Waals surface area contributed by atoms with Gasteiger partial charge in [0, 0.05) is 13.1 Å². The molecule has 1 aromatic rings. The van der Waals surface area contributed by atoms with Crippen molar-refractivity contribution in [2.45, 2.75) is 13.8 Å². The maximum atomic E-state index is 12.4. The van der Waals surface area contributed by atoms with E-state index in [4.69, 9.17) is 11.6 Å². The first-order valence-electron chi connectivity index (χ1n) is 5.99. The zero-order valence-electron chi connectivity index (χ0n) is 10.7. The molecule has 1 aromatic heterocycles. The average Bonchev–Trinajstić information content (AvgIpc) is 2.68. The normalized spacial score (nSPS) is 22.6. The number of pyridine rings is 1. The molecule has 2 rings (SSSR count). The summed E-state index contributed by atoms with van der Waals surface area (Å²) in [4.78, 5) is 28.0. The number of hydrogen-bond acceptors (Lipinski definition) is 4. The molecule has 102 valence electrons. The van der Waals surface area contributed by atoms with E-state index in [2.05, 4.69) is 18.8 Å². The Hall–Kier alpha value is -1.69. The van der Waals surface area contributed by atoms with Crippen molar-refractivity contribution in [1.82, 2.24) is 9.88 Å². The number of halogens is 1. The van der Waals surface area contributed by atoms with Crippen LogP contribution in [-0.2, 0) is 0 Å². The number of aromatic nitrogens is 1. The lowest BCUT2D eigenvalue weighted by Crippen LogP contribution is -2.29. The summed E-state index contributed by atoms with van der Waals surface area (Å²) in [6.07, 6.45) is 1.03. The van der Waals surface area contributed by atoms with Gasteiger partial charge in [0.15, 0.2) is 0 Å². The van der Waals surface area contributed by atoms with E-state index in [0.717, 1.165) is 6.20 Å². The van der Waals surface area contributed by atoms with Crippen LogP contribution in [-0.4, -0.2) is 33.8 Å². The summed E-state index contributed by atoms with van der Waals surface area (Å²) >= 11 is 5.73. The van der Waals surface area contributed by atoms with Crippen molar-refractivity contribution < 1.29 is 9.72 Å². The van der Waals surface area contributed by atoms with Crippen molar-refractivity contribution in [3.8, 4) is 0 Å². The summed E-state index contributed by atoms with van der Waals surface area (Å²) in [6.45, 7) is 5.34. The van der Waals surface area contributed by atoms with Crippen LogP contribution >= 0.6 is 11.6 Å². The molecule has 2 heterocycles. The van der Waals surface area contributed by atoms with E-state index in [1.165, 1.54) is 6.07 Å². The molecular formula is C12H14ClN3O3. The molecule has 0 saturated carbocycles. The predicted molar refractivity (Wildman–Crippen MR) is 70.1 cm³/mol. The largest absolute Gasteiger partial charge is 0.338 e. The summed E-state index contributed by atoms with van der Waals surface area (Å²) in [5, 5.41) is 11.0. The summed E-state index contributed by atoms with van der Waals surface area (Å²) in [6, 6.07) is 1.26. The van der Waals surface area contributed by atoms with E-state index in [-0.39, 0.29) is 22.3 Å². The smallest absolute Gasteiger partial charge is 0.300 e. The van der Waals surface area contributed by atoms with Gasteiger partial charge < -0.3 is 4.90 Å². The predicted octanol–water partition coefficient (Wildman–Crippen LogP) is 2.37. The number of nitro groups is 1. The third-order valence-corrected chi connectivity index (χ3v) is 3.76. The zero-order valence-corrected chi connectivity index (χ0v) is 11.4. The van der Waals surface area contributed by atoms with Gasteiger partial charge in [0.2, 0.25) is 0 Å². The molecule has 1 aliphatic rings. The molecule has 0 aliphatic carbocycles. The minimum absolute atomic E-state index is 0.00583. The number of nitrogens with zero attached hydrogens (tertiary/aromatic N) is 3. The van der Waals surface area contributed by atoms with Crippen molar-refractivity contribution in [3.05, 3.63) is 33.1 Å². The van der Waals surface area contributed by atoms with Crippen LogP contribution in [0.25, 0.3) is 0 Å². The Balaban J connectivity index is 2.33. The van der Waals surface area contributed by atoms with E-state index in [9.17, 15) is 14.9 Å². The molecule has 0 aromatic carbocycles. The molecule has 7 heteroatoms. The number of amides is 1. The summed E-state index contributed by atoms with van der Waals surface area (Å²) in [5.74, 6) is 0.424. The molecule has 6 nitrogen and oxygen atoms in total. The second-order valence-corrected chi connectivity index (χ2v) is 5.33. The first-order valence-corrected chi connectivity index (χ1v) is 6.37. The molecule has 0 spiro atoms. The van der Waals surface area contributed by atoms with Gasteiger partial charge in [0.05, 0.1) is 4.92 Å². The molecule has 2 unspecified atom stereocenters. The lowest BCUT2D eigenvalue weighted by Gasteiger charge is -2.15. The van der Waals surface area contributed by atoms with Crippen LogP contribution in [0.1, 0.15) is 24.2 Å². The number of carbonyl (C=O) groups is 1. The third kappa shape index (κ3) is 2.68. The highest BCUT2D eigenvalue weighted by atomic mass is 35.5. The minimum atomic E-state index is -0.612. The van der Waals surface area contributed by atoms with Crippen molar-refractivity contribution in [2.75, 3.05) is 13.1 Å². The fraction of sp³-hybridized carbons (Fsp3) is 0.500. The molecule has 0 N–H and O–H groups in total. The van der Waals surface area contributed by atoms with Gasteiger partial charge >= 0.3 is 0 Å². The molecule has 1 saturated heterocycles. The first-order chi connectivity index (χ1) is 8.90. The highest BCUT2D eigenvalue weighted by Gasteiger charge is 2.33. The average molecular weight is 284 g/mol. The van der Waals surface area contributed by atoms with Gasteiger partial charge in [-0.1, -0.05) is 25.4 Å². The Morgan fingerprint density at radius 3 is 2.58 bits per heavy atom. The van der Waals surface area contributed by atoms with Gasteiger partial charge in [-0.15, -0.1) is 0 Å². The van der Waals surface area contributed by atoms with Crippen LogP contribution in [0.5, 0.6) is 0 Å². The molecule has 0 radical (unpaired) electrons. The molecule has 1 amide bonds. The van der Waals surface area contributed by atoms with Gasteiger partial charge in [-0.2, -0.15) is 0 Å². The Morgan fingerprint density at radius 1 is 1.47 bits per heavy atom. The quantitative estimate of drug-likeness (QED) is 0.474. The van der Waals surface area contributed by atoms with Crippen LogP contribution in [0, 0.1) is 22.0 Å². The number of hydrogen-bond donors (Lipinski definition) is 0. The summed E-state index contributed by atoms with van der Waals surface area (Å²) in [5.41, 5.74) is -0.298. The Labute approximate surface area is 115 Å². The van der Waals surface area contributed by atoms with Crippen molar-refractivity contribution in [1.29, 1.82) is 0 Å². The fourth-order valence-corrected chi connectivity index (χ4v) is 2.36. The van der Waals surface area contributed by atoms with Gasteiger partial charge in [0.25, 0.3) is 11.6 Å². The molecule has 1 aliphatic heterocycles. The minimum Gasteiger partial charge on any atom is -0.338 e. The maximum Gasteiger partial charge on any atom is 0.300 e. The van der Waals surface area contributed by atoms with E-state index >= 15 is 0 Å². The van der Waals surface area contributed by atoms with Crippen molar-refractivity contribution in [2.24, 2.45) is 11.8 Å². The van der Waals surface area contributed by atoms with Crippen LogP contribution < -0.4 is 0 Å². The van der Waals surface area contributed by atoms with Crippen LogP contribution in [0.2, 0.25) is 5.15 Å². The third-order valence-electron chi connectivity index (χ3n) is 3.55. The highest BCUT2D eigenvalue weighted by molar-refractivity contribution is 6.29. The van der Waals surface area contributed by atoms with Gasteiger partial charge in [-0.3, -0.25) is 14.9 Å². The van der Waals surface area contributed by atoms with Crippen molar-refractivity contribution >= 4 is 23.2 Å². The second kappa shape index (κ2) is 5.13. The van der Waals surface area contributed by atoms with E-state index in [1.807, 2.05) is 0 Å². The van der Waals surface area contributed by atoms with Crippen LogP contribution in [0.4, 0.5) is 5.69 Å². The number of likely N-dealkylation sites (tertiary alicyclic amines) is 1. The molecule has 1 fully saturated rings. The SMILES string of the molecule is CC1CN(C(=O)c2cc(Cl)ncc2[N+](=O)[O-])CC1C. The second-order valence-electron chi connectivity index (χ2n) is 4.95. The molecule has 2 atom stereocenters. The van der Waals surface area contributed by atoms with E-state index in [0.29, 0.717) is 24.9 Å². The number of rotatable bonds is 2. The summed E-state index contributed by atoms with van der Waals surface area (Å²) in [7, 11) is 0. The Bertz CT molecular complexity index is 525. The van der Waals surface area contributed by atoms with Crippen LogP contribution in [0.3, 0.4) is 0 Å². The first kappa shape index (κ1) is 13.7. The lowest BCUT2D eigenvalue weighted by atomic mass is 10.0. The monoisotopic (exact) mass is 283 g/mol. The van der Waals surface area contributed by atoms with Gasteiger partial charge in [0.1, 0.15) is 16.9 Å². The van der Waals surface area contributed by atoms with Gasteiger partial charge in [-0.05, 0) is 17.9 Å². The standard InChI is InChI=1S/C12H14ClN3O3/c1-7-5-15(6-8(7)2)12(17)9-3-11(13)14-4-10(9)16(18)19/h3-4,7-8H,5-6H2,1-2H3. The molecule has 0 bridgehead atoms. The van der Waals surface area contributed by atoms with Crippen molar-refractivity contribution in [3.63, 3.8) is 0 Å². The zero-order chi connectivity index (χ0) is 14.2. The Morgan fingerprint density at radius 2 is 2.05 bits per heavy atom.